The molecule has 1 aliphatic carbocycles. The van der Waals surface area contributed by atoms with Crippen molar-refractivity contribution in [1.29, 1.82) is 0 Å². The third-order valence-corrected chi connectivity index (χ3v) is 5.01. The summed E-state index contributed by atoms with van der Waals surface area (Å²) in [5, 5.41) is 20.2. The molecule has 3 heteroatoms. The molecule has 1 unspecified atom stereocenters. The molecule has 0 aromatic rings. The highest BCUT2D eigenvalue weighted by Crippen LogP contribution is 2.51. The maximum Gasteiger partial charge on any atom is 0.106 e. The fourth-order valence-corrected chi connectivity index (χ4v) is 2.47. The molecular weight excluding hydrogens is 336 g/mol. The van der Waals surface area contributed by atoms with E-state index >= 15 is 0 Å². The molecule has 0 radical (unpaired) electrons. The van der Waals surface area contributed by atoms with E-state index in [-0.39, 0.29) is 5.41 Å². The first-order chi connectivity index (χ1) is 12.0. The van der Waals surface area contributed by atoms with Crippen LogP contribution in [0, 0.1) is 10.8 Å². The van der Waals surface area contributed by atoms with Gasteiger partial charge in [0.1, 0.15) is 6.79 Å². The van der Waals surface area contributed by atoms with Crippen molar-refractivity contribution in [3.63, 3.8) is 0 Å². The second kappa shape index (κ2) is 14.3. The molecule has 0 amide bonds. The van der Waals surface area contributed by atoms with Crippen LogP contribution in [0.25, 0.3) is 0 Å². The number of carbonyl (C=O) groups is 1. The van der Waals surface area contributed by atoms with Crippen LogP contribution in [0.4, 0.5) is 0 Å². The van der Waals surface area contributed by atoms with Crippen molar-refractivity contribution in [2.45, 2.75) is 127 Å². The van der Waals surface area contributed by atoms with Crippen LogP contribution in [0.5, 0.6) is 0 Å². The van der Waals surface area contributed by atoms with E-state index in [1.165, 1.54) is 12.0 Å². The largest absolute Gasteiger partial charge is 0.390 e. The number of aliphatic hydroxyl groups is 2. The Morgan fingerprint density at radius 1 is 0.889 bits per heavy atom. The van der Waals surface area contributed by atoms with Gasteiger partial charge in [0.2, 0.25) is 0 Å². The molecule has 27 heavy (non-hydrogen) atoms. The van der Waals surface area contributed by atoms with Gasteiger partial charge in [0.25, 0.3) is 0 Å². The standard InChI is InChI=1S/C13H24O2.C6H14.2C2H6.CH2O/c1-9-7-13(6,12(4,5)15)8-10(9)11(2,3)14;1-5-6(2,3)4;3*1-2/h14-15H,7-8H2,1-6H3;5H2,1-4H3;2*1-2H3;1H2. The lowest BCUT2D eigenvalue weighted by molar-refractivity contribution is -0.0980. The second-order valence-corrected chi connectivity index (χ2v) is 9.21. The van der Waals surface area contributed by atoms with E-state index in [1.807, 2.05) is 62.2 Å². The predicted octanol–water partition coefficient (Wildman–Crippen LogP) is 6.95. The molecule has 0 saturated heterocycles. The Bertz CT molecular complexity index is 389. The summed E-state index contributed by atoms with van der Waals surface area (Å²) in [5.74, 6) is 0. The van der Waals surface area contributed by atoms with Crippen molar-refractivity contribution in [3.8, 4) is 0 Å². The summed E-state index contributed by atoms with van der Waals surface area (Å²) >= 11 is 0. The number of rotatable bonds is 2. The minimum atomic E-state index is -0.757. The SMILES string of the molecule is C=O.CC.CC.CC1=C(C(C)(C)O)CC(C)(C(C)(C)O)C1.CCC(C)(C)C. The first kappa shape index (κ1) is 33.9. The van der Waals surface area contributed by atoms with Crippen molar-refractivity contribution in [3.05, 3.63) is 11.1 Å². The summed E-state index contributed by atoms with van der Waals surface area (Å²) in [6, 6.07) is 0. The fraction of sp³-hybridized carbons (Fsp3) is 0.875. The molecule has 1 rings (SSSR count). The predicted molar refractivity (Wildman–Crippen MR) is 122 cm³/mol. The van der Waals surface area contributed by atoms with Gasteiger partial charge in [-0.25, -0.2) is 0 Å². The first-order valence-electron chi connectivity index (χ1n) is 10.5. The van der Waals surface area contributed by atoms with Gasteiger partial charge in [0, 0.05) is 5.41 Å². The summed E-state index contributed by atoms with van der Waals surface area (Å²) < 4.78 is 0. The van der Waals surface area contributed by atoms with Gasteiger partial charge in [-0.3, -0.25) is 0 Å². The molecule has 0 spiro atoms. The highest BCUT2D eigenvalue weighted by Gasteiger charge is 2.46. The first-order valence-corrected chi connectivity index (χ1v) is 10.5. The minimum Gasteiger partial charge on any atom is -0.390 e. The Kier molecular flexibility index (Phi) is 18.0. The lowest BCUT2D eigenvalue weighted by Crippen LogP contribution is -2.40. The van der Waals surface area contributed by atoms with E-state index < -0.39 is 11.2 Å². The van der Waals surface area contributed by atoms with Gasteiger partial charge in [0.05, 0.1) is 11.2 Å². The number of carbonyl (C=O) groups excluding carboxylic acids is 1. The maximum atomic E-state index is 10.2. The average molecular weight is 389 g/mol. The zero-order chi connectivity index (χ0) is 23.3. The van der Waals surface area contributed by atoms with Crippen molar-refractivity contribution in [2.24, 2.45) is 10.8 Å². The number of allylic oxidation sites excluding steroid dienone is 1. The van der Waals surface area contributed by atoms with Crippen molar-refractivity contribution in [2.75, 3.05) is 0 Å². The zero-order valence-corrected chi connectivity index (χ0v) is 21.1. The summed E-state index contributed by atoms with van der Waals surface area (Å²) in [6.45, 7) is 30.4. The minimum absolute atomic E-state index is 0.146. The van der Waals surface area contributed by atoms with Crippen LogP contribution in [-0.2, 0) is 4.79 Å². The highest BCUT2D eigenvalue weighted by molar-refractivity contribution is 5.30. The molecule has 0 aromatic carbocycles. The van der Waals surface area contributed by atoms with Gasteiger partial charge in [-0.1, -0.05) is 74.3 Å². The van der Waals surface area contributed by atoms with Crippen LogP contribution in [0.1, 0.15) is 116 Å². The Morgan fingerprint density at radius 3 is 1.30 bits per heavy atom. The van der Waals surface area contributed by atoms with Crippen LogP contribution in [0.2, 0.25) is 0 Å². The summed E-state index contributed by atoms with van der Waals surface area (Å²) in [4.78, 5) is 8.00. The topological polar surface area (TPSA) is 57.5 Å². The van der Waals surface area contributed by atoms with Gasteiger partial charge >= 0.3 is 0 Å². The van der Waals surface area contributed by atoms with E-state index in [4.69, 9.17) is 4.79 Å². The van der Waals surface area contributed by atoms with Crippen LogP contribution in [0.15, 0.2) is 11.1 Å². The summed E-state index contributed by atoms with van der Waals surface area (Å²) in [6.07, 6.45) is 2.93. The molecule has 0 fully saturated rings. The average Bonchev–Trinajstić information content (AvgIpc) is 2.89. The van der Waals surface area contributed by atoms with E-state index in [1.54, 1.807) is 0 Å². The smallest absolute Gasteiger partial charge is 0.106 e. The Hall–Kier alpha value is -0.670. The van der Waals surface area contributed by atoms with E-state index in [2.05, 4.69) is 41.5 Å². The molecule has 0 saturated carbocycles. The summed E-state index contributed by atoms with van der Waals surface area (Å²) in [5.41, 5.74) is 1.25. The van der Waals surface area contributed by atoms with Crippen LogP contribution in [-0.4, -0.2) is 28.2 Å². The Morgan fingerprint density at radius 2 is 1.19 bits per heavy atom. The van der Waals surface area contributed by atoms with Crippen molar-refractivity contribution >= 4 is 6.79 Å². The maximum absolute atomic E-state index is 10.2. The molecule has 3 nitrogen and oxygen atoms in total. The lowest BCUT2D eigenvalue weighted by atomic mass is 9.72. The molecule has 1 atom stereocenters. The second-order valence-electron chi connectivity index (χ2n) is 9.21. The van der Waals surface area contributed by atoms with Gasteiger partial charge in [-0.2, -0.15) is 0 Å². The normalized spacial score (nSPS) is 19.3. The molecule has 1 aliphatic rings. The van der Waals surface area contributed by atoms with Gasteiger partial charge in [-0.05, 0) is 58.4 Å². The molecule has 2 N–H and O–H groups in total. The third-order valence-electron chi connectivity index (χ3n) is 5.01. The van der Waals surface area contributed by atoms with Crippen molar-refractivity contribution in [1.82, 2.24) is 0 Å². The Balaban J connectivity index is -0.000000185. The Labute approximate surface area is 171 Å². The lowest BCUT2D eigenvalue weighted by Gasteiger charge is -2.38. The molecule has 0 aromatic heterocycles. The quantitative estimate of drug-likeness (QED) is 0.503. The van der Waals surface area contributed by atoms with Gasteiger partial charge < -0.3 is 15.0 Å². The zero-order valence-electron chi connectivity index (χ0n) is 21.1. The fourth-order valence-electron chi connectivity index (χ4n) is 2.47. The highest BCUT2D eigenvalue weighted by atomic mass is 16.3. The van der Waals surface area contributed by atoms with Gasteiger partial charge in [0.15, 0.2) is 0 Å². The van der Waals surface area contributed by atoms with E-state index in [0.29, 0.717) is 5.41 Å². The monoisotopic (exact) mass is 388 g/mol. The molecule has 0 heterocycles. The molecule has 0 aliphatic heterocycles. The van der Waals surface area contributed by atoms with Crippen molar-refractivity contribution < 1.29 is 15.0 Å². The molecular formula is C24H52O3. The number of hydrogen-bond donors (Lipinski definition) is 2. The van der Waals surface area contributed by atoms with Gasteiger partial charge in [-0.15, -0.1) is 0 Å². The third kappa shape index (κ3) is 14.0. The van der Waals surface area contributed by atoms with Crippen LogP contribution < -0.4 is 0 Å². The number of hydrogen-bond acceptors (Lipinski definition) is 3. The summed E-state index contributed by atoms with van der Waals surface area (Å²) in [7, 11) is 0. The molecule has 166 valence electrons. The van der Waals surface area contributed by atoms with Crippen LogP contribution >= 0.6 is 0 Å². The van der Waals surface area contributed by atoms with E-state index in [0.717, 1.165) is 18.4 Å². The van der Waals surface area contributed by atoms with E-state index in [9.17, 15) is 10.2 Å². The molecule has 0 bridgehead atoms. The van der Waals surface area contributed by atoms with Crippen LogP contribution in [0.3, 0.4) is 0 Å².